The first-order valence-electron chi connectivity index (χ1n) is 11.7. The largest absolute Gasteiger partial charge is 0.378 e. The number of amidine groups is 1. The molecule has 0 spiro atoms. The predicted octanol–water partition coefficient (Wildman–Crippen LogP) is 3.39. The monoisotopic (exact) mass is 470 g/mol. The highest BCUT2D eigenvalue weighted by Crippen LogP contribution is 2.42. The third kappa shape index (κ3) is 4.99. The molecule has 0 bridgehead atoms. The van der Waals surface area contributed by atoms with E-state index in [4.69, 9.17) is 15.5 Å². The van der Waals surface area contributed by atoms with Gasteiger partial charge in [0.2, 0.25) is 0 Å². The molecule has 33 heavy (non-hydrogen) atoms. The fraction of sp³-hybridized carbons (Fsp3) is 0.480. The van der Waals surface area contributed by atoms with Crippen LogP contribution in [0.15, 0.2) is 63.1 Å². The average Bonchev–Trinajstić information content (AvgIpc) is 3.20. The lowest BCUT2D eigenvalue weighted by molar-refractivity contribution is 0.0674. The second-order valence-electron chi connectivity index (χ2n) is 8.49. The van der Waals surface area contributed by atoms with Gasteiger partial charge >= 0.3 is 0 Å². The van der Waals surface area contributed by atoms with Crippen LogP contribution in [0.5, 0.6) is 0 Å². The van der Waals surface area contributed by atoms with Gasteiger partial charge < -0.3 is 24.8 Å². The van der Waals surface area contributed by atoms with E-state index in [0.717, 1.165) is 56.0 Å². The van der Waals surface area contributed by atoms with Gasteiger partial charge in [0, 0.05) is 49.4 Å². The summed E-state index contributed by atoms with van der Waals surface area (Å²) in [4.78, 5) is 10.4. The van der Waals surface area contributed by atoms with Crippen LogP contribution in [0.3, 0.4) is 0 Å². The molecule has 4 rings (SSSR count). The normalized spacial score (nSPS) is 21.4. The molecule has 0 aliphatic carbocycles. The zero-order valence-electron chi connectivity index (χ0n) is 19.5. The first-order valence-corrected chi connectivity index (χ1v) is 12.8. The molecule has 7 nitrogen and oxygen atoms in total. The lowest BCUT2D eigenvalue weighted by atomic mass is 9.98. The number of hydrogen-bond donors (Lipinski definition) is 2. The van der Waals surface area contributed by atoms with Crippen molar-refractivity contribution in [1.82, 2.24) is 9.80 Å². The van der Waals surface area contributed by atoms with E-state index in [9.17, 15) is 8.76 Å². The molecule has 2 saturated heterocycles. The molecule has 2 atom stereocenters. The lowest BCUT2D eigenvalue weighted by Gasteiger charge is -2.31. The van der Waals surface area contributed by atoms with Crippen molar-refractivity contribution in [3.63, 3.8) is 0 Å². The summed E-state index contributed by atoms with van der Waals surface area (Å²) in [5.41, 5.74) is 11.8. The van der Waals surface area contributed by atoms with E-state index >= 15 is 0 Å². The van der Waals surface area contributed by atoms with Gasteiger partial charge in [-0.1, -0.05) is 31.2 Å². The number of allylic oxidation sites excluding steroid dienone is 2. The average molecular weight is 471 g/mol. The Morgan fingerprint density at radius 1 is 1.30 bits per heavy atom. The molecular weight excluding hydrogens is 436 g/mol. The standard InChI is InChI=1S/C25H34N4O3S/c1-3-6-20(17-26)29-10-9-22-24(19-7-5-8-21(15-19)33(30)31)27-23(16-18(4-2)25(22)29)28-11-13-32-14-12-28/h3,5-8,15,20H,4,9-14,16-17,26H2,1-2H3,(H,30,31). The van der Waals surface area contributed by atoms with Gasteiger partial charge in [-0.15, -0.1) is 0 Å². The van der Waals surface area contributed by atoms with Crippen molar-refractivity contribution in [3.05, 3.63) is 58.8 Å². The lowest BCUT2D eigenvalue weighted by Crippen LogP contribution is -2.41. The number of nitrogens with two attached hydrogens (primary N) is 1. The van der Waals surface area contributed by atoms with Gasteiger partial charge in [0.25, 0.3) is 0 Å². The highest BCUT2D eigenvalue weighted by Gasteiger charge is 2.34. The molecule has 3 aliphatic heterocycles. The van der Waals surface area contributed by atoms with Crippen LogP contribution in [0.1, 0.15) is 38.7 Å². The molecule has 1 aromatic rings. The maximum Gasteiger partial charge on any atom is 0.186 e. The second kappa shape index (κ2) is 10.8. The van der Waals surface area contributed by atoms with Crippen LogP contribution in [-0.2, 0) is 15.8 Å². The molecule has 3 aliphatic rings. The number of nitrogens with zero attached hydrogens (tertiary/aromatic N) is 3. The van der Waals surface area contributed by atoms with Crippen molar-refractivity contribution in [2.24, 2.45) is 10.7 Å². The fourth-order valence-electron chi connectivity index (χ4n) is 4.94. The van der Waals surface area contributed by atoms with E-state index in [-0.39, 0.29) is 6.04 Å². The molecule has 178 valence electrons. The van der Waals surface area contributed by atoms with E-state index in [0.29, 0.717) is 24.7 Å². The van der Waals surface area contributed by atoms with Crippen LogP contribution in [0.2, 0.25) is 0 Å². The number of fused-ring (bicyclic) bond motifs is 1. The summed E-state index contributed by atoms with van der Waals surface area (Å²) in [6, 6.07) is 7.43. The zero-order valence-corrected chi connectivity index (χ0v) is 20.3. The van der Waals surface area contributed by atoms with Crippen molar-refractivity contribution in [2.45, 2.75) is 44.0 Å². The summed E-state index contributed by atoms with van der Waals surface area (Å²) in [5, 5.41) is 0. The maximum absolute atomic E-state index is 11.8. The molecule has 3 N–H and O–H groups in total. The van der Waals surface area contributed by atoms with Crippen LogP contribution < -0.4 is 5.73 Å². The third-order valence-electron chi connectivity index (χ3n) is 6.58. The minimum absolute atomic E-state index is 0.131. The first-order chi connectivity index (χ1) is 16.1. The summed E-state index contributed by atoms with van der Waals surface area (Å²) in [6.07, 6.45) is 6.83. The van der Waals surface area contributed by atoms with Gasteiger partial charge in [-0.3, -0.25) is 0 Å². The summed E-state index contributed by atoms with van der Waals surface area (Å²) in [5.74, 6) is 1.05. The van der Waals surface area contributed by atoms with E-state index in [1.807, 2.05) is 19.1 Å². The maximum atomic E-state index is 11.8. The smallest absolute Gasteiger partial charge is 0.186 e. The number of hydrogen-bond acceptors (Lipinski definition) is 6. The van der Waals surface area contributed by atoms with Crippen molar-refractivity contribution < 1.29 is 13.5 Å². The number of likely N-dealkylation sites (tertiary alicyclic amines) is 1. The molecule has 0 radical (unpaired) electrons. The molecule has 2 unspecified atom stereocenters. The quantitative estimate of drug-likeness (QED) is 0.489. The minimum Gasteiger partial charge on any atom is -0.378 e. The predicted molar refractivity (Wildman–Crippen MR) is 133 cm³/mol. The van der Waals surface area contributed by atoms with Crippen LogP contribution in [0.25, 0.3) is 5.70 Å². The van der Waals surface area contributed by atoms with Crippen LogP contribution in [-0.4, -0.2) is 69.8 Å². The number of aliphatic imine (C=N–C) groups is 1. The van der Waals surface area contributed by atoms with Gasteiger partial charge in [-0.25, -0.2) is 9.20 Å². The summed E-state index contributed by atoms with van der Waals surface area (Å²) < 4.78 is 27.1. The summed E-state index contributed by atoms with van der Waals surface area (Å²) in [6.45, 7) is 8.71. The Bertz CT molecular complexity index is 1020. The van der Waals surface area contributed by atoms with Gasteiger partial charge in [0.1, 0.15) is 5.84 Å². The van der Waals surface area contributed by atoms with Gasteiger partial charge in [-0.05, 0) is 37.5 Å². The van der Waals surface area contributed by atoms with E-state index in [2.05, 4.69) is 28.9 Å². The van der Waals surface area contributed by atoms with Crippen molar-refractivity contribution >= 4 is 22.6 Å². The van der Waals surface area contributed by atoms with Crippen LogP contribution in [0.4, 0.5) is 0 Å². The van der Waals surface area contributed by atoms with Crippen molar-refractivity contribution in [2.75, 3.05) is 39.4 Å². The number of ether oxygens (including phenoxy) is 1. The highest BCUT2D eigenvalue weighted by atomic mass is 32.2. The van der Waals surface area contributed by atoms with Crippen LogP contribution in [0, 0.1) is 0 Å². The topological polar surface area (TPSA) is 91.4 Å². The number of benzene rings is 1. The van der Waals surface area contributed by atoms with Crippen molar-refractivity contribution in [1.29, 1.82) is 0 Å². The molecule has 0 amide bonds. The molecule has 0 saturated carbocycles. The Labute approximate surface area is 199 Å². The Balaban J connectivity index is 1.89. The van der Waals surface area contributed by atoms with Crippen molar-refractivity contribution in [3.8, 4) is 0 Å². The Kier molecular flexibility index (Phi) is 7.80. The Morgan fingerprint density at radius 2 is 2.09 bits per heavy atom. The summed E-state index contributed by atoms with van der Waals surface area (Å²) in [7, 11) is 0. The highest BCUT2D eigenvalue weighted by molar-refractivity contribution is 7.79. The SMILES string of the molecule is CC=CC(CN)N1CCC2=C(c3cccc(S(=O)O)c3)N=C(N3CCOCC3)CC(CC)=C21. The van der Waals surface area contributed by atoms with E-state index in [1.165, 1.54) is 16.8 Å². The first kappa shape index (κ1) is 23.9. The molecule has 1 aromatic carbocycles. The molecule has 2 fully saturated rings. The zero-order chi connectivity index (χ0) is 23.4. The van der Waals surface area contributed by atoms with E-state index < -0.39 is 11.1 Å². The number of rotatable bonds is 6. The Morgan fingerprint density at radius 3 is 2.76 bits per heavy atom. The second-order valence-corrected chi connectivity index (χ2v) is 9.46. The van der Waals surface area contributed by atoms with E-state index in [1.54, 1.807) is 12.1 Å². The summed E-state index contributed by atoms with van der Waals surface area (Å²) >= 11 is -2.04. The fourth-order valence-corrected chi connectivity index (χ4v) is 5.37. The molecule has 8 heteroatoms. The number of morpholine rings is 1. The van der Waals surface area contributed by atoms with Gasteiger partial charge in [0.05, 0.1) is 29.8 Å². The van der Waals surface area contributed by atoms with Crippen LogP contribution >= 0.6 is 0 Å². The molecule has 0 aromatic heterocycles. The van der Waals surface area contributed by atoms with Gasteiger partial charge in [0.15, 0.2) is 11.1 Å². The Hall–Kier alpha value is -2.26. The minimum atomic E-state index is -2.04. The molecule has 3 heterocycles. The molecular formula is C25H34N4O3S. The van der Waals surface area contributed by atoms with Gasteiger partial charge in [-0.2, -0.15) is 0 Å². The third-order valence-corrected chi connectivity index (χ3v) is 7.23.